The van der Waals surface area contributed by atoms with Crippen molar-refractivity contribution in [3.63, 3.8) is 0 Å². The summed E-state index contributed by atoms with van der Waals surface area (Å²) in [5, 5.41) is 12.7. The topological polar surface area (TPSA) is 87.7 Å². The number of ether oxygens (including phenoxy) is 2. The number of aliphatic hydroxyl groups excluding tert-OH is 1. The first-order valence-electron chi connectivity index (χ1n) is 10.0. The summed E-state index contributed by atoms with van der Waals surface area (Å²) < 4.78 is 10.5. The van der Waals surface area contributed by atoms with Crippen LogP contribution in [0.4, 0.5) is 0 Å². The smallest absolute Gasteiger partial charge is 0.260 e. The van der Waals surface area contributed by atoms with Crippen molar-refractivity contribution in [3.05, 3.63) is 45.8 Å². The molecule has 1 atom stereocenters. The largest absolute Gasteiger partial charge is 0.497 e. The van der Waals surface area contributed by atoms with E-state index in [1.165, 1.54) is 11.3 Å². The standard InChI is InChI=1S/C23H27N3O4S/c1-5-9-30-13-17(27)11-26(15(2)3)12-20-24-22(28)21-19(14-31-23(21)25-20)16-7-6-8-18(10-16)29-4/h1,6-8,10,14-15,17,27H,9,11-13H2,2-4H3,(H,24,25,28). The number of aliphatic hydroxyl groups is 1. The number of benzene rings is 1. The van der Waals surface area contributed by atoms with Gasteiger partial charge in [-0.05, 0) is 31.5 Å². The molecule has 1 unspecified atom stereocenters. The summed E-state index contributed by atoms with van der Waals surface area (Å²) in [6.07, 6.45) is 4.48. The first-order chi connectivity index (χ1) is 14.9. The summed E-state index contributed by atoms with van der Waals surface area (Å²) in [4.78, 5) is 23.2. The van der Waals surface area contributed by atoms with Crippen LogP contribution >= 0.6 is 11.3 Å². The van der Waals surface area contributed by atoms with Gasteiger partial charge < -0.3 is 19.6 Å². The van der Waals surface area contributed by atoms with Crippen molar-refractivity contribution in [2.45, 2.75) is 32.5 Å². The molecule has 7 nitrogen and oxygen atoms in total. The second-order valence-corrected chi connectivity index (χ2v) is 8.33. The molecule has 0 saturated carbocycles. The number of hydrogen-bond acceptors (Lipinski definition) is 7. The maximum Gasteiger partial charge on any atom is 0.260 e. The third-order valence-electron chi connectivity index (χ3n) is 4.90. The fourth-order valence-corrected chi connectivity index (χ4v) is 4.27. The molecular weight excluding hydrogens is 414 g/mol. The Hall–Kier alpha value is -2.70. The van der Waals surface area contributed by atoms with Crippen molar-refractivity contribution in [3.8, 4) is 29.2 Å². The molecule has 164 valence electrons. The highest BCUT2D eigenvalue weighted by atomic mass is 32.1. The van der Waals surface area contributed by atoms with Crippen LogP contribution in [0.1, 0.15) is 19.7 Å². The number of H-pyrrole nitrogens is 1. The Kier molecular flexibility index (Phi) is 7.82. The average molecular weight is 442 g/mol. The molecule has 3 aromatic rings. The van der Waals surface area contributed by atoms with Gasteiger partial charge in [0.25, 0.3) is 5.56 Å². The van der Waals surface area contributed by atoms with E-state index in [1.54, 1.807) is 7.11 Å². The van der Waals surface area contributed by atoms with Gasteiger partial charge in [-0.1, -0.05) is 18.1 Å². The fraction of sp³-hybridized carbons (Fsp3) is 0.391. The van der Waals surface area contributed by atoms with Gasteiger partial charge in [0, 0.05) is 23.5 Å². The van der Waals surface area contributed by atoms with E-state index in [2.05, 4.69) is 15.9 Å². The van der Waals surface area contributed by atoms with Crippen LogP contribution in [0.25, 0.3) is 21.3 Å². The van der Waals surface area contributed by atoms with Gasteiger partial charge in [-0.2, -0.15) is 0 Å². The summed E-state index contributed by atoms with van der Waals surface area (Å²) in [6.45, 7) is 5.16. The molecule has 0 saturated heterocycles. The number of terminal acetylenes is 1. The quantitative estimate of drug-likeness (QED) is 0.372. The highest BCUT2D eigenvalue weighted by molar-refractivity contribution is 7.17. The van der Waals surface area contributed by atoms with Gasteiger partial charge in [0.2, 0.25) is 0 Å². The SMILES string of the molecule is C#CCOCC(O)CN(Cc1nc2scc(-c3cccc(OC)c3)c2c(=O)[nH]1)C(C)C. The van der Waals surface area contributed by atoms with Crippen molar-refractivity contribution >= 4 is 21.6 Å². The molecule has 0 bridgehead atoms. The normalized spacial score (nSPS) is 12.4. The lowest BCUT2D eigenvalue weighted by Crippen LogP contribution is -2.39. The van der Waals surface area contributed by atoms with Crippen molar-refractivity contribution in [2.75, 3.05) is 26.9 Å². The zero-order chi connectivity index (χ0) is 22.4. The Morgan fingerprint density at radius 1 is 1.39 bits per heavy atom. The highest BCUT2D eigenvalue weighted by Gasteiger charge is 2.19. The third kappa shape index (κ3) is 5.71. The lowest BCUT2D eigenvalue weighted by atomic mass is 10.1. The first kappa shape index (κ1) is 23.0. The molecule has 0 radical (unpaired) electrons. The van der Waals surface area contributed by atoms with Crippen LogP contribution in [0.3, 0.4) is 0 Å². The summed E-state index contributed by atoms with van der Waals surface area (Å²) in [6, 6.07) is 7.75. The summed E-state index contributed by atoms with van der Waals surface area (Å²) in [5.41, 5.74) is 1.56. The van der Waals surface area contributed by atoms with Crippen molar-refractivity contribution < 1.29 is 14.6 Å². The zero-order valence-electron chi connectivity index (χ0n) is 17.9. The van der Waals surface area contributed by atoms with Crippen molar-refractivity contribution in [1.29, 1.82) is 0 Å². The molecule has 31 heavy (non-hydrogen) atoms. The molecule has 0 fully saturated rings. The maximum absolute atomic E-state index is 12.9. The zero-order valence-corrected chi connectivity index (χ0v) is 18.7. The number of aromatic nitrogens is 2. The molecule has 0 aliphatic carbocycles. The molecule has 0 aliphatic rings. The Morgan fingerprint density at radius 2 is 2.19 bits per heavy atom. The van der Waals surface area contributed by atoms with E-state index < -0.39 is 6.10 Å². The summed E-state index contributed by atoms with van der Waals surface area (Å²) >= 11 is 1.43. The third-order valence-corrected chi connectivity index (χ3v) is 5.77. The number of fused-ring (bicyclic) bond motifs is 1. The van der Waals surface area contributed by atoms with E-state index in [4.69, 9.17) is 15.9 Å². The predicted molar refractivity (Wildman–Crippen MR) is 123 cm³/mol. The van der Waals surface area contributed by atoms with Crippen LogP contribution in [-0.2, 0) is 11.3 Å². The van der Waals surface area contributed by atoms with Gasteiger partial charge in [0.15, 0.2) is 0 Å². The molecule has 3 rings (SSSR count). The molecule has 2 aromatic heterocycles. The van der Waals surface area contributed by atoms with Gasteiger partial charge in [-0.25, -0.2) is 4.98 Å². The van der Waals surface area contributed by atoms with Crippen LogP contribution in [0.5, 0.6) is 5.75 Å². The Balaban J connectivity index is 1.83. The molecule has 0 spiro atoms. The van der Waals surface area contributed by atoms with Crippen molar-refractivity contribution in [2.24, 2.45) is 0 Å². The average Bonchev–Trinajstić information content (AvgIpc) is 3.18. The van der Waals surface area contributed by atoms with Crippen LogP contribution in [0.2, 0.25) is 0 Å². The van der Waals surface area contributed by atoms with Gasteiger partial charge in [-0.3, -0.25) is 9.69 Å². The highest BCUT2D eigenvalue weighted by Crippen LogP contribution is 2.32. The Labute approximate surface area is 185 Å². The lowest BCUT2D eigenvalue weighted by Gasteiger charge is -2.28. The fourth-order valence-electron chi connectivity index (χ4n) is 3.30. The van der Waals surface area contributed by atoms with E-state index in [0.717, 1.165) is 16.9 Å². The molecule has 0 amide bonds. The molecule has 2 N–H and O–H groups in total. The Bertz CT molecular complexity index is 1120. The summed E-state index contributed by atoms with van der Waals surface area (Å²) in [5.74, 6) is 3.67. The number of hydrogen-bond donors (Lipinski definition) is 2. The number of rotatable bonds is 10. The predicted octanol–water partition coefficient (Wildman–Crippen LogP) is 2.88. The number of thiophene rings is 1. The van der Waals surface area contributed by atoms with Gasteiger partial charge in [0.05, 0.1) is 31.8 Å². The Morgan fingerprint density at radius 3 is 2.90 bits per heavy atom. The molecule has 2 heterocycles. The van der Waals surface area contributed by atoms with Crippen molar-refractivity contribution in [1.82, 2.24) is 14.9 Å². The van der Waals surface area contributed by atoms with E-state index in [0.29, 0.717) is 29.1 Å². The van der Waals surface area contributed by atoms with E-state index in [9.17, 15) is 9.90 Å². The second kappa shape index (κ2) is 10.6. The molecule has 0 aliphatic heterocycles. The van der Waals surface area contributed by atoms with Crippen LogP contribution in [0.15, 0.2) is 34.4 Å². The minimum atomic E-state index is -0.687. The van der Waals surface area contributed by atoms with E-state index >= 15 is 0 Å². The van der Waals surface area contributed by atoms with Gasteiger partial charge >= 0.3 is 0 Å². The second-order valence-electron chi connectivity index (χ2n) is 7.47. The number of nitrogens with one attached hydrogen (secondary N) is 1. The monoisotopic (exact) mass is 441 g/mol. The van der Waals surface area contributed by atoms with Crippen LogP contribution < -0.4 is 10.3 Å². The van der Waals surface area contributed by atoms with Gasteiger partial charge in [-0.15, -0.1) is 17.8 Å². The van der Waals surface area contributed by atoms with E-state index in [1.807, 2.05) is 48.4 Å². The first-order valence-corrected chi connectivity index (χ1v) is 10.9. The lowest BCUT2D eigenvalue weighted by molar-refractivity contribution is 0.0186. The number of nitrogens with zero attached hydrogens (tertiary/aromatic N) is 2. The van der Waals surface area contributed by atoms with Crippen LogP contribution in [0, 0.1) is 12.3 Å². The summed E-state index contributed by atoms with van der Waals surface area (Å²) in [7, 11) is 1.62. The van der Waals surface area contributed by atoms with Gasteiger partial charge in [0.1, 0.15) is 23.0 Å². The van der Waals surface area contributed by atoms with Crippen LogP contribution in [-0.4, -0.2) is 59.0 Å². The minimum Gasteiger partial charge on any atom is -0.497 e. The molecule has 8 heteroatoms. The van der Waals surface area contributed by atoms with E-state index in [-0.39, 0.29) is 24.8 Å². The molecule has 1 aromatic carbocycles. The number of aromatic amines is 1. The number of methoxy groups -OCH3 is 1. The maximum atomic E-state index is 12.9. The molecular formula is C23H27N3O4S. The minimum absolute atomic E-state index is 0.138.